The molecule has 0 aromatic heterocycles. The zero-order chi connectivity index (χ0) is 14.5. The normalized spacial score (nSPS) is 21.6. The van der Waals surface area contributed by atoms with Crippen molar-refractivity contribution in [2.24, 2.45) is 0 Å². The fourth-order valence-electron chi connectivity index (χ4n) is 2.99. The molecule has 0 radical (unpaired) electrons. The van der Waals surface area contributed by atoms with Gasteiger partial charge >= 0.3 is 0 Å². The van der Waals surface area contributed by atoms with Gasteiger partial charge in [-0.2, -0.15) is 0 Å². The second kappa shape index (κ2) is 7.41. The van der Waals surface area contributed by atoms with Crippen LogP contribution in [0.15, 0.2) is 24.3 Å². The Morgan fingerprint density at radius 1 is 1.45 bits per heavy atom. The Bertz CT molecular complexity index is 425. The average Bonchev–Trinajstić information content (AvgIpc) is 2.82. The molecule has 1 N–H and O–H groups in total. The Balaban J connectivity index is 1.85. The molecular formula is C16H25ClN2O. The molecule has 1 aliphatic heterocycles. The molecule has 2 atom stereocenters. The van der Waals surface area contributed by atoms with E-state index in [4.69, 9.17) is 11.6 Å². The molecule has 0 spiro atoms. The number of nitrogens with zero attached hydrogens (tertiary/aromatic N) is 2. The summed E-state index contributed by atoms with van der Waals surface area (Å²) in [5, 5.41) is 11.0. The highest BCUT2D eigenvalue weighted by Gasteiger charge is 2.25. The number of rotatable bonds is 6. The Kier molecular flexibility index (Phi) is 5.85. The van der Waals surface area contributed by atoms with Gasteiger partial charge in [0.25, 0.3) is 0 Å². The summed E-state index contributed by atoms with van der Waals surface area (Å²) >= 11 is 5.97. The van der Waals surface area contributed by atoms with Gasteiger partial charge in [-0.15, -0.1) is 0 Å². The molecule has 4 heteroatoms. The van der Waals surface area contributed by atoms with Gasteiger partial charge in [0.1, 0.15) is 0 Å². The van der Waals surface area contributed by atoms with Gasteiger partial charge in [-0.05, 0) is 57.6 Å². The first-order valence-corrected chi connectivity index (χ1v) is 7.76. The lowest BCUT2D eigenvalue weighted by Gasteiger charge is -2.27. The van der Waals surface area contributed by atoms with Crippen LogP contribution in [0.5, 0.6) is 0 Å². The van der Waals surface area contributed by atoms with Crippen molar-refractivity contribution in [1.82, 2.24) is 9.80 Å². The Labute approximate surface area is 127 Å². The SMILES string of the molecule is CN(C)CC1CCCN1CCC(O)c1cccc(Cl)c1. The van der Waals surface area contributed by atoms with E-state index in [1.807, 2.05) is 24.3 Å². The van der Waals surface area contributed by atoms with Crippen LogP contribution in [0, 0.1) is 0 Å². The largest absolute Gasteiger partial charge is 0.388 e. The van der Waals surface area contributed by atoms with E-state index >= 15 is 0 Å². The summed E-state index contributed by atoms with van der Waals surface area (Å²) in [5.41, 5.74) is 0.917. The van der Waals surface area contributed by atoms with E-state index < -0.39 is 6.10 Å². The molecule has 0 saturated carbocycles. The van der Waals surface area contributed by atoms with Gasteiger partial charge in [0.15, 0.2) is 0 Å². The highest BCUT2D eigenvalue weighted by atomic mass is 35.5. The molecule has 2 rings (SSSR count). The first kappa shape index (κ1) is 15.8. The summed E-state index contributed by atoms with van der Waals surface area (Å²) in [6.07, 6.45) is 2.89. The molecule has 2 unspecified atom stereocenters. The van der Waals surface area contributed by atoms with Crippen LogP contribution in [0.3, 0.4) is 0 Å². The maximum atomic E-state index is 10.3. The predicted molar refractivity (Wildman–Crippen MR) is 84.2 cm³/mol. The van der Waals surface area contributed by atoms with E-state index in [0.29, 0.717) is 11.1 Å². The van der Waals surface area contributed by atoms with E-state index in [1.54, 1.807) is 0 Å². The fourth-order valence-corrected chi connectivity index (χ4v) is 3.19. The van der Waals surface area contributed by atoms with E-state index in [-0.39, 0.29) is 0 Å². The summed E-state index contributed by atoms with van der Waals surface area (Å²) in [7, 11) is 4.24. The third-order valence-corrected chi connectivity index (χ3v) is 4.23. The molecule has 3 nitrogen and oxygen atoms in total. The highest BCUT2D eigenvalue weighted by Crippen LogP contribution is 2.23. The van der Waals surface area contributed by atoms with Crippen molar-refractivity contribution in [3.63, 3.8) is 0 Å². The van der Waals surface area contributed by atoms with E-state index in [9.17, 15) is 5.11 Å². The minimum absolute atomic E-state index is 0.422. The maximum absolute atomic E-state index is 10.3. The number of likely N-dealkylation sites (tertiary alicyclic amines) is 1. The first-order chi connectivity index (χ1) is 9.56. The summed E-state index contributed by atoms with van der Waals surface area (Å²) in [6, 6.07) is 8.17. The number of hydrogen-bond acceptors (Lipinski definition) is 3. The van der Waals surface area contributed by atoms with Crippen molar-refractivity contribution >= 4 is 11.6 Å². The number of benzene rings is 1. The maximum Gasteiger partial charge on any atom is 0.0802 e. The lowest BCUT2D eigenvalue weighted by molar-refractivity contribution is 0.131. The third-order valence-electron chi connectivity index (χ3n) is 4.00. The number of halogens is 1. The van der Waals surface area contributed by atoms with Crippen LogP contribution in [0.4, 0.5) is 0 Å². The Morgan fingerprint density at radius 3 is 2.95 bits per heavy atom. The van der Waals surface area contributed by atoms with Gasteiger partial charge in [0.05, 0.1) is 6.10 Å². The standard InChI is InChI=1S/C16H25ClN2O/c1-18(2)12-15-7-4-9-19(15)10-8-16(20)13-5-3-6-14(17)11-13/h3,5-6,11,15-16,20H,4,7-10,12H2,1-2H3. The summed E-state index contributed by atoms with van der Waals surface area (Å²) in [4.78, 5) is 4.75. The minimum Gasteiger partial charge on any atom is -0.388 e. The molecule has 1 saturated heterocycles. The Hall–Kier alpha value is -0.610. The molecule has 1 aromatic rings. The number of aliphatic hydroxyl groups excluding tert-OH is 1. The van der Waals surface area contributed by atoms with Crippen LogP contribution in [0.2, 0.25) is 5.02 Å². The molecule has 0 amide bonds. The van der Waals surface area contributed by atoms with Crippen LogP contribution < -0.4 is 0 Å². The topological polar surface area (TPSA) is 26.7 Å². The molecule has 1 aromatic carbocycles. The average molecular weight is 297 g/mol. The van der Waals surface area contributed by atoms with Gasteiger partial charge in [-0.25, -0.2) is 0 Å². The zero-order valence-electron chi connectivity index (χ0n) is 12.4. The number of hydrogen-bond donors (Lipinski definition) is 1. The summed E-state index contributed by atoms with van der Waals surface area (Å²) in [6.45, 7) is 3.21. The lowest BCUT2D eigenvalue weighted by atomic mass is 10.1. The van der Waals surface area contributed by atoms with Gasteiger partial charge in [-0.3, -0.25) is 4.90 Å². The molecular weight excluding hydrogens is 272 g/mol. The van der Waals surface area contributed by atoms with Crippen molar-refractivity contribution in [1.29, 1.82) is 0 Å². The monoisotopic (exact) mass is 296 g/mol. The van der Waals surface area contributed by atoms with Crippen molar-refractivity contribution < 1.29 is 5.11 Å². The summed E-state index contributed by atoms with van der Waals surface area (Å²) < 4.78 is 0. The van der Waals surface area contributed by atoms with E-state index in [2.05, 4.69) is 23.9 Å². The Morgan fingerprint density at radius 2 is 2.25 bits per heavy atom. The molecule has 0 bridgehead atoms. The number of aliphatic hydroxyl groups is 1. The summed E-state index contributed by atoms with van der Waals surface area (Å²) in [5.74, 6) is 0. The highest BCUT2D eigenvalue weighted by molar-refractivity contribution is 6.30. The smallest absolute Gasteiger partial charge is 0.0802 e. The molecule has 1 fully saturated rings. The quantitative estimate of drug-likeness (QED) is 0.874. The van der Waals surface area contributed by atoms with E-state index in [0.717, 1.165) is 31.6 Å². The van der Waals surface area contributed by atoms with Crippen molar-refractivity contribution in [3.8, 4) is 0 Å². The van der Waals surface area contributed by atoms with Crippen molar-refractivity contribution in [3.05, 3.63) is 34.9 Å². The molecule has 1 heterocycles. The first-order valence-electron chi connectivity index (χ1n) is 7.38. The van der Waals surface area contributed by atoms with Crippen LogP contribution in [0.25, 0.3) is 0 Å². The minimum atomic E-state index is -0.422. The van der Waals surface area contributed by atoms with E-state index in [1.165, 1.54) is 12.8 Å². The molecule has 112 valence electrons. The van der Waals surface area contributed by atoms with Gasteiger partial charge in [-0.1, -0.05) is 23.7 Å². The van der Waals surface area contributed by atoms with Gasteiger partial charge in [0, 0.05) is 24.2 Å². The van der Waals surface area contributed by atoms with Crippen LogP contribution in [-0.4, -0.2) is 54.7 Å². The van der Waals surface area contributed by atoms with Gasteiger partial charge < -0.3 is 10.0 Å². The van der Waals surface area contributed by atoms with Gasteiger partial charge in [0.2, 0.25) is 0 Å². The molecule has 0 aliphatic carbocycles. The lowest BCUT2D eigenvalue weighted by Crippen LogP contribution is -2.38. The van der Waals surface area contributed by atoms with Crippen molar-refractivity contribution in [2.75, 3.05) is 33.7 Å². The molecule has 20 heavy (non-hydrogen) atoms. The molecule has 1 aliphatic rings. The van der Waals surface area contributed by atoms with Crippen LogP contribution >= 0.6 is 11.6 Å². The number of likely N-dealkylation sites (N-methyl/N-ethyl adjacent to an activating group) is 1. The fraction of sp³-hybridized carbons (Fsp3) is 0.625. The zero-order valence-corrected chi connectivity index (χ0v) is 13.2. The third kappa shape index (κ3) is 4.45. The van der Waals surface area contributed by atoms with Crippen LogP contribution in [0.1, 0.15) is 30.9 Å². The second-order valence-electron chi connectivity index (χ2n) is 5.95. The predicted octanol–water partition coefficient (Wildman–Crippen LogP) is 2.79. The van der Waals surface area contributed by atoms with Crippen LogP contribution in [-0.2, 0) is 0 Å². The second-order valence-corrected chi connectivity index (χ2v) is 6.39. The van der Waals surface area contributed by atoms with Crippen molar-refractivity contribution in [2.45, 2.75) is 31.4 Å².